The third-order valence-corrected chi connectivity index (χ3v) is 5.15. The maximum atomic E-state index is 12.6. The smallest absolute Gasteiger partial charge is 0.191 e. The molecule has 0 radical (unpaired) electrons. The zero-order valence-electron chi connectivity index (χ0n) is 11.0. The first-order valence-corrected chi connectivity index (χ1v) is 7.59. The van der Waals surface area contributed by atoms with Crippen LogP contribution in [0.3, 0.4) is 0 Å². The van der Waals surface area contributed by atoms with E-state index in [1.165, 1.54) is 5.56 Å². The number of hydrogen-bond donors (Lipinski definition) is 0. The molecule has 3 heteroatoms. The highest BCUT2D eigenvalue weighted by molar-refractivity contribution is 7.86. The normalized spacial score (nSPS) is 27.8. The first-order chi connectivity index (χ1) is 8.64. The Kier molecular flexibility index (Phi) is 4.03. The van der Waals surface area contributed by atoms with Crippen molar-refractivity contribution in [3.8, 4) is 0 Å². The summed E-state index contributed by atoms with van der Waals surface area (Å²) in [7, 11) is -1.16. The highest BCUT2D eigenvalue weighted by Gasteiger charge is 2.58. The Morgan fingerprint density at radius 1 is 1.44 bits per heavy atom. The Hall–Kier alpha value is -0.930. The van der Waals surface area contributed by atoms with Crippen LogP contribution >= 0.6 is 0 Å². The van der Waals surface area contributed by atoms with Crippen molar-refractivity contribution < 1.29 is 8.95 Å². The van der Waals surface area contributed by atoms with E-state index in [0.717, 1.165) is 24.2 Å². The summed E-state index contributed by atoms with van der Waals surface area (Å²) in [5.41, 5.74) is 1.17. The van der Waals surface area contributed by atoms with Gasteiger partial charge in [-0.2, -0.15) is 0 Å². The Morgan fingerprint density at radius 3 is 2.67 bits per heavy atom. The predicted molar refractivity (Wildman–Crippen MR) is 74.9 cm³/mol. The van der Waals surface area contributed by atoms with E-state index in [4.69, 9.17) is 4.74 Å². The first kappa shape index (κ1) is 13.5. The molecule has 0 N–H and O–H groups in total. The summed E-state index contributed by atoms with van der Waals surface area (Å²) in [4.78, 5) is 0.171. The van der Waals surface area contributed by atoms with Gasteiger partial charge in [-0.1, -0.05) is 44.0 Å². The van der Waals surface area contributed by atoms with Gasteiger partial charge in [-0.25, -0.2) is 0 Å². The molecule has 0 amide bonds. The van der Waals surface area contributed by atoms with E-state index in [-0.39, 0.29) is 6.10 Å². The Balaban J connectivity index is 2.12. The van der Waals surface area contributed by atoms with Crippen molar-refractivity contribution >= 4 is 10.8 Å². The molecule has 1 fully saturated rings. The van der Waals surface area contributed by atoms with Gasteiger partial charge in [-0.15, -0.1) is 0 Å². The van der Waals surface area contributed by atoms with Gasteiger partial charge in [-0.3, -0.25) is 4.21 Å². The van der Waals surface area contributed by atoms with Gasteiger partial charge >= 0.3 is 0 Å². The minimum atomic E-state index is -1.16. The van der Waals surface area contributed by atoms with Crippen LogP contribution in [-0.4, -0.2) is 15.2 Å². The molecular weight excluding hydrogens is 244 g/mol. The van der Waals surface area contributed by atoms with Gasteiger partial charge in [0.2, 0.25) is 0 Å². The summed E-state index contributed by atoms with van der Waals surface area (Å²) in [5, 5.41) is 0. The minimum Gasteiger partial charge on any atom is -0.347 e. The van der Waals surface area contributed by atoms with E-state index >= 15 is 0 Å². The van der Waals surface area contributed by atoms with Crippen LogP contribution in [0.1, 0.15) is 31.7 Å². The standard InChI is InChI=1S/C15H20O2S/c1-4-6-7-14-15(5-2,17-14)18(16)13-10-8-12(3)9-11-13/h5,8-11,14H,2,4,6-7H2,1,3H3/t14-,15+,18?/m0/s1. The maximum Gasteiger partial charge on any atom is 0.191 e. The lowest BCUT2D eigenvalue weighted by atomic mass is 10.1. The summed E-state index contributed by atoms with van der Waals surface area (Å²) in [6.45, 7) is 7.97. The van der Waals surface area contributed by atoms with Gasteiger partial charge in [0.1, 0.15) is 6.10 Å². The summed E-state index contributed by atoms with van der Waals surface area (Å²) < 4.78 is 18.2. The number of benzene rings is 1. The molecule has 1 aromatic rings. The van der Waals surface area contributed by atoms with E-state index < -0.39 is 15.7 Å². The van der Waals surface area contributed by atoms with Gasteiger partial charge < -0.3 is 4.74 Å². The number of ether oxygens (including phenoxy) is 1. The molecule has 1 aliphatic heterocycles. The Labute approximate surface area is 112 Å². The third-order valence-electron chi connectivity index (χ3n) is 3.35. The monoisotopic (exact) mass is 264 g/mol. The van der Waals surface area contributed by atoms with E-state index in [0.29, 0.717) is 0 Å². The number of unbranched alkanes of at least 4 members (excludes halogenated alkanes) is 1. The van der Waals surface area contributed by atoms with Crippen LogP contribution in [0.15, 0.2) is 41.8 Å². The van der Waals surface area contributed by atoms with E-state index in [9.17, 15) is 4.21 Å². The SMILES string of the molecule is C=C[C@]1(S(=O)c2ccc(C)cc2)O[C@H]1CCCC. The molecule has 0 spiro atoms. The van der Waals surface area contributed by atoms with Gasteiger partial charge in [0.05, 0.1) is 10.8 Å². The molecule has 0 aromatic heterocycles. The quantitative estimate of drug-likeness (QED) is 0.580. The van der Waals surface area contributed by atoms with Gasteiger partial charge in [0.25, 0.3) is 0 Å². The molecule has 1 aliphatic rings. The number of hydrogen-bond acceptors (Lipinski definition) is 2. The number of rotatable bonds is 6. The van der Waals surface area contributed by atoms with Crippen molar-refractivity contribution in [3.05, 3.63) is 42.5 Å². The fourth-order valence-electron chi connectivity index (χ4n) is 2.10. The molecule has 1 aromatic carbocycles. The third kappa shape index (κ3) is 2.43. The molecule has 0 bridgehead atoms. The topological polar surface area (TPSA) is 29.6 Å². The lowest BCUT2D eigenvalue weighted by Crippen LogP contribution is -2.19. The molecule has 3 atom stereocenters. The largest absolute Gasteiger partial charge is 0.347 e. The van der Waals surface area contributed by atoms with Crippen molar-refractivity contribution in [2.24, 2.45) is 0 Å². The molecule has 0 aliphatic carbocycles. The highest BCUT2D eigenvalue weighted by Crippen LogP contribution is 2.46. The molecule has 0 saturated carbocycles. The maximum absolute atomic E-state index is 12.6. The predicted octanol–water partition coefficient (Wildman–Crippen LogP) is 3.57. The molecule has 1 saturated heterocycles. The van der Waals surface area contributed by atoms with Gasteiger partial charge in [0, 0.05) is 4.90 Å². The zero-order valence-corrected chi connectivity index (χ0v) is 11.8. The van der Waals surface area contributed by atoms with Crippen LogP contribution in [-0.2, 0) is 15.5 Å². The number of epoxide rings is 1. The average molecular weight is 264 g/mol. The summed E-state index contributed by atoms with van der Waals surface area (Å²) in [5.74, 6) is 0. The van der Waals surface area contributed by atoms with Crippen LogP contribution in [0.25, 0.3) is 0 Å². The average Bonchev–Trinajstić information content (AvgIpc) is 3.11. The Bertz CT molecular complexity index is 452. The first-order valence-electron chi connectivity index (χ1n) is 6.44. The van der Waals surface area contributed by atoms with Crippen LogP contribution in [0, 0.1) is 6.92 Å². The zero-order chi connectivity index (χ0) is 13.2. The molecular formula is C15H20O2S. The van der Waals surface area contributed by atoms with Gasteiger partial charge in [0.15, 0.2) is 4.93 Å². The molecule has 1 unspecified atom stereocenters. The van der Waals surface area contributed by atoms with Crippen molar-refractivity contribution in [1.29, 1.82) is 0 Å². The van der Waals surface area contributed by atoms with Crippen molar-refractivity contribution in [1.82, 2.24) is 0 Å². The van der Waals surface area contributed by atoms with Crippen molar-refractivity contribution in [2.75, 3.05) is 0 Å². The minimum absolute atomic E-state index is 0.0667. The molecule has 2 nitrogen and oxygen atoms in total. The Morgan fingerprint density at radius 2 is 2.11 bits per heavy atom. The summed E-state index contributed by atoms with van der Waals surface area (Å²) in [6, 6.07) is 7.78. The van der Waals surface area contributed by atoms with E-state index in [1.807, 2.05) is 31.2 Å². The van der Waals surface area contributed by atoms with Crippen molar-refractivity contribution in [3.63, 3.8) is 0 Å². The van der Waals surface area contributed by atoms with Crippen molar-refractivity contribution in [2.45, 2.75) is 49.0 Å². The van der Waals surface area contributed by atoms with Crippen LogP contribution in [0.5, 0.6) is 0 Å². The second-order valence-corrected chi connectivity index (χ2v) is 6.40. The second kappa shape index (κ2) is 5.37. The van der Waals surface area contributed by atoms with Crippen LogP contribution in [0.2, 0.25) is 0 Å². The lowest BCUT2D eigenvalue weighted by Gasteiger charge is -2.08. The highest BCUT2D eigenvalue weighted by atomic mass is 32.2. The number of aryl methyl sites for hydroxylation is 1. The van der Waals surface area contributed by atoms with Crippen LogP contribution in [0.4, 0.5) is 0 Å². The molecule has 1 heterocycles. The fourth-order valence-corrected chi connectivity index (χ4v) is 3.57. The van der Waals surface area contributed by atoms with E-state index in [2.05, 4.69) is 13.5 Å². The van der Waals surface area contributed by atoms with E-state index in [1.54, 1.807) is 6.08 Å². The van der Waals surface area contributed by atoms with Crippen LogP contribution < -0.4 is 0 Å². The molecule has 2 rings (SSSR count). The fraction of sp³-hybridized carbons (Fsp3) is 0.467. The van der Waals surface area contributed by atoms with Gasteiger partial charge in [-0.05, 0) is 31.6 Å². The lowest BCUT2D eigenvalue weighted by molar-refractivity contribution is 0.362. The summed E-state index contributed by atoms with van der Waals surface area (Å²) in [6.07, 6.45) is 4.97. The summed E-state index contributed by atoms with van der Waals surface area (Å²) >= 11 is 0. The second-order valence-electron chi connectivity index (χ2n) is 4.76. The molecule has 98 valence electrons. The molecule has 18 heavy (non-hydrogen) atoms.